The molecule has 1 aromatic rings. The molecule has 0 saturated heterocycles. The summed E-state index contributed by atoms with van der Waals surface area (Å²) in [6.07, 6.45) is 4.22. The highest BCUT2D eigenvalue weighted by Crippen LogP contribution is 2.23. The van der Waals surface area contributed by atoms with Gasteiger partial charge >= 0.3 is 0 Å². The molecule has 1 rings (SSSR count). The molecule has 1 N–H and O–H groups in total. The predicted octanol–water partition coefficient (Wildman–Crippen LogP) is 2.65. The van der Waals surface area contributed by atoms with Crippen LogP contribution >= 0.6 is 11.8 Å². The van der Waals surface area contributed by atoms with Crippen LogP contribution in [0.3, 0.4) is 0 Å². The van der Waals surface area contributed by atoms with Gasteiger partial charge in [-0.05, 0) is 33.1 Å². The van der Waals surface area contributed by atoms with Gasteiger partial charge in [-0.15, -0.1) is 0 Å². The van der Waals surface area contributed by atoms with Crippen LogP contribution in [0.15, 0.2) is 0 Å². The second kappa shape index (κ2) is 7.07. The van der Waals surface area contributed by atoms with Crippen LogP contribution in [0.1, 0.15) is 43.8 Å². The predicted molar refractivity (Wildman–Crippen MR) is 76.8 cm³/mol. The smallest absolute Gasteiger partial charge is 0.0672 e. The largest absolute Gasteiger partial charge is 0.313 e. The standard InChI is InChI=1S/C13H25N3S/c1-6-11-13(10(3)14-4)12(7-2)16(15-11)8-9-17-5/h10,14H,6-9H2,1-5H3. The lowest BCUT2D eigenvalue weighted by atomic mass is 10.0. The first-order valence-corrected chi connectivity index (χ1v) is 7.83. The summed E-state index contributed by atoms with van der Waals surface area (Å²) in [6.45, 7) is 7.65. The lowest BCUT2D eigenvalue weighted by molar-refractivity contribution is 0.610. The summed E-state index contributed by atoms with van der Waals surface area (Å²) in [6, 6.07) is 0.392. The number of thioether (sulfide) groups is 1. The van der Waals surface area contributed by atoms with Gasteiger partial charge in [-0.3, -0.25) is 4.68 Å². The zero-order chi connectivity index (χ0) is 12.8. The number of aromatic nitrogens is 2. The second-order valence-electron chi connectivity index (χ2n) is 4.24. The molecule has 0 aliphatic heterocycles. The summed E-state index contributed by atoms with van der Waals surface area (Å²) < 4.78 is 2.21. The first kappa shape index (κ1) is 14.6. The first-order chi connectivity index (χ1) is 8.19. The summed E-state index contributed by atoms with van der Waals surface area (Å²) >= 11 is 1.88. The van der Waals surface area contributed by atoms with E-state index in [1.807, 2.05) is 18.8 Å². The molecular weight excluding hydrogens is 230 g/mol. The van der Waals surface area contributed by atoms with Gasteiger partial charge in [0, 0.05) is 23.1 Å². The zero-order valence-electron chi connectivity index (χ0n) is 11.7. The zero-order valence-corrected chi connectivity index (χ0v) is 12.5. The maximum absolute atomic E-state index is 4.77. The minimum Gasteiger partial charge on any atom is -0.313 e. The Morgan fingerprint density at radius 1 is 1.35 bits per heavy atom. The van der Waals surface area contributed by atoms with E-state index in [0.717, 1.165) is 25.1 Å². The molecule has 0 spiro atoms. The molecule has 4 heteroatoms. The minimum absolute atomic E-state index is 0.392. The SMILES string of the molecule is CCc1nn(CCSC)c(CC)c1C(C)NC. The van der Waals surface area contributed by atoms with E-state index in [1.165, 1.54) is 17.0 Å². The molecule has 3 nitrogen and oxygen atoms in total. The van der Waals surface area contributed by atoms with Gasteiger partial charge in [0.25, 0.3) is 0 Å². The van der Waals surface area contributed by atoms with E-state index in [-0.39, 0.29) is 0 Å². The highest BCUT2D eigenvalue weighted by Gasteiger charge is 2.19. The highest BCUT2D eigenvalue weighted by atomic mass is 32.2. The Balaban J connectivity index is 3.11. The average molecular weight is 255 g/mol. The quantitative estimate of drug-likeness (QED) is 0.812. The molecule has 0 bridgehead atoms. The van der Waals surface area contributed by atoms with Gasteiger partial charge in [-0.2, -0.15) is 16.9 Å². The number of hydrogen-bond acceptors (Lipinski definition) is 3. The fraction of sp³-hybridized carbons (Fsp3) is 0.769. The highest BCUT2D eigenvalue weighted by molar-refractivity contribution is 7.98. The third-order valence-electron chi connectivity index (χ3n) is 3.22. The Bertz CT molecular complexity index is 347. The van der Waals surface area contributed by atoms with Crippen molar-refractivity contribution in [3.63, 3.8) is 0 Å². The molecule has 98 valence electrons. The summed E-state index contributed by atoms with van der Waals surface area (Å²) in [7, 11) is 2.02. The Morgan fingerprint density at radius 2 is 2.06 bits per heavy atom. The molecule has 0 fully saturated rings. The van der Waals surface area contributed by atoms with Crippen molar-refractivity contribution in [3.05, 3.63) is 17.0 Å². The van der Waals surface area contributed by atoms with E-state index in [1.54, 1.807) is 0 Å². The van der Waals surface area contributed by atoms with Crippen LogP contribution in [-0.2, 0) is 19.4 Å². The molecule has 0 saturated carbocycles. The van der Waals surface area contributed by atoms with Gasteiger partial charge in [0.2, 0.25) is 0 Å². The van der Waals surface area contributed by atoms with Crippen LogP contribution in [0.4, 0.5) is 0 Å². The van der Waals surface area contributed by atoms with Gasteiger partial charge in [0.1, 0.15) is 0 Å². The lowest BCUT2D eigenvalue weighted by Gasteiger charge is -2.13. The van der Waals surface area contributed by atoms with Crippen molar-refractivity contribution in [2.75, 3.05) is 19.1 Å². The Morgan fingerprint density at radius 3 is 2.53 bits per heavy atom. The summed E-state index contributed by atoms with van der Waals surface area (Å²) in [5, 5.41) is 8.11. The summed E-state index contributed by atoms with van der Waals surface area (Å²) in [5.41, 5.74) is 4.07. The van der Waals surface area contributed by atoms with Crippen molar-refractivity contribution in [1.82, 2.24) is 15.1 Å². The maximum Gasteiger partial charge on any atom is 0.0672 e. The molecule has 1 aromatic heterocycles. The van der Waals surface area contributed by atoms with Crippen LogP contribution in [-0.4, -0.2) is 28.8 Å². The van der Waals surface area contributed by atoms with E-state index in [9.17, 15) is 0 Å². The molecule has 1 unspecified atom stereocenters. The van der Waals surface area contributed by atoms with Crippen LogP contribution < -0.4 is 5.32 Å². The third kappa shape index (κ3) is 3.26. The number of hydrogen-bond donors (Lipinski definition) is 1. The molecule has 1 atom stereocenters. The van der Waals surface area contributed by atoms with Crippen molar-refractivity contribution >= 4 is 11.8 Å². The molecule has 0 aliphatic carbocycles. The van der Waals surface area contributed by atoms with Crippen molar-refractivity contribution < 1.29 is 0 Å². The van der Waals surface area contributed by atoms with Crippen molar-refractivity contribution in [3.8, 4) is 0 Å². The van der Waals surface area contributed by atoms with Crippen LogP contribution in [0.5, 0.6) is 0 Å². The molecule has 0 aromatic carbocycles. The van der Waals surface area contributed by atoms with Crippen molar-refractivity contribution in [1.29, 1.82) is 0 Å². The van der Waals surface area contributed by atoms with E-state index in [2.05, 4.69) is 37.0 Å². The summed E-state index contributed by atoms with van der Waals surface area (Å²) in [4.78, 5) is 0. The van der Waals surface area contributed by atoms with Gasteiger partial charge in [0.05, 0.1) is 12.2 Å². The monoisotopic (exact) mass is 255 g/mol. The second-order valence-corrected chi connectivity index (χ2v) is 5.23. The van der Waals surface area contributed by atoms with Crippen molar-refractivity contribution in [2.45, 2.75) is 46.2 Å². The molecule has 0 radical (unpaired) electrons. The fourth-order valence-electron chi connectivity index (χ4n) is 2.21. The van der Waals surface area contributed by atoms with E-state index in [0.29, 0.717) is 6.04 Å². The number of nitrogens with one attached hydrogen (secondary N) is 1. The molecular formula is C13H25N3S. The Labute approximate surface area is 109 Å². The molecule has 17 heavy (non-hydrogen) atoms. The van der Waals surface area contributed by atoms with E-state index < -0.39 is 0 Å². The van der Waals surface area contributed by atoms with Gasteiger partial charge in [-0.1, -0.05) is 13.8 Å². The molecule has 1 heterocycles. The molecule has 0 aliphatic rings. The number of rotatable bonds is 7. The average Bonchev–Trinajstić information content (AvgIpc) is 2.72. The number of nitrogens with zero attached hydrogens (tertiary/aromatic N) is 2. The lowest BCUT2D eigenvalue weighted by Crippen LogP contribution is -2.16. The number of aryl methyl sites for hydroxylation is 2. The van der Waals surface area contributed by atoms with Gasteiger partial charge < -0.3 is 5.32 Å². The normalized spacial score (nSPS) is 13.0. The Kier molecular flexibility index (Phi) is 6.06. The van der Waals surface area contributed by atoms with Gasteiger partial charge in [0.15, 0.2) is 0 Å². The maximum atomic E-state index is 4.77. The first-order valence-electron chi connectivity index (χ1n) is 6.44. The third-order valence-corrected chi connectivity index (χ3v) is 3.81. The van der Waals surface area contributed by atoms with E-state index >= 15 is 0 Å². The van der Waals surface area contributed by atoms with E-state index in [4.69, 9.17) is 5.10 Å². The van der Waals surface area contributed by atoms with Crippen molar-refractivity contribution in [2.24, 2.45) is 0 Å². The van der Waals surface area contributed by atoms with Crippen LogP contribution in [0.25, 0.3) is 0 Å². The fourth-order valence-corrected chi connectivity index (χ4v) is 2.56. The minimum atomic E-state index is 0.392. The van der Waals surface area contributed by atoms with Crippen LogP contribution in [0.2, 0.25) is 0 Å². The summed E-state index contributed by atoms with van der Waals surface area (Å²) in [5.74, 6) is 1.13. The topological polar surface area (TPSA) is 29.9 Å². The molecule has 0 amide bonds. The van der Waals surface area contributed by atoms with Crippen LogP contribution in [0, 0.1) is 0 Å². The van der Waals surface area contributed by atoms with Gasteiger partial charge in [-0.25, -0.2) is 0 Å². The Hall–Kier alpha value is -0.480.